The number of nitrogens with zero attached hydrogens (tertiary/aromatic N) is 4. The number of aromatic nitrogens is 4. The van der Waals surface area contributed by atoms with Crippen LogP contribution in [0.2, 0.25) is 0 Å². The number of nitrogens with one attached hydrogen (secondary N) is 3. The first kappa shape index (κ1) is 21.6. The SMILES string of the molecule is CC[C@@H](Nc1ncnc(N)c1C(=O)NC(C)=N)c1nc2cccc([SiH3])c2c(=O)n1C1CC1. The predicted molar refractivity (Wildman–Crippen MR) is 128 cm³/mol. The zero-order valence-corrected chi connectivity index (χ0v) is 20.3. The van der Waals surface area contributed by atoms with Crippen LogP contribution in [0, 0.1) is 5.41 Å². The molecule has 1 atom stereocenters. The first-order valence-corrected chi connectivity index (χ1v) is 11.6. The monoisotopic (exact) mass is 450 g/mol. The summed E-state index contributed by atoms with van der Waals surface area (Å²) >= 11 is 0. The molecule has 1 aliphatic carbocycles. The van der Waals surface area contributed by atoms with Crippen LogP contribution in [0.4, 0.5) is 11.6 Å². The van der Waals surface area contributed by atoms with Crippen molar-refractivity contribution in [2.45, 2.75) is 45.2 Å². The maximum absolute atomic E-state index is 13.5. The molecule has 0 aliphatic heterocycles. The highest BCUT2D eigenvalue weighted by Gasteiger charge is 2.32. The summed E-state index contributed by atoms with van der Waals surface area (Å²) in [6, 6.07) is 5.51. The number of anilines is 2. The Labute approximate surface area is 187 Å². The number of nitrogens with two attached hydrogens (primary N) is 1. The number of amides is 1. The predicted octanol–water partition coefficient (Wildman–Crippen LogP) is 0.384. The number of carbonyl (C=O) groups is 1. The van der Waals surface area contributed by atoms with Crippen molar-refractivity contribution in [3.63, 3.8) is 0 Å². The minimum absolute atomic E-state index is 0.00254. The fourth-order valence-corrected chi connectivity index (χ4v) is 4.50. The van der Waals surface area contributed by atoms with Gasteiger partial charge in [-0.25, -0.2) is 15.0 Å². The Bertz CT molecular complexity index is 1280. The van der Waals surface area contributed by atoms with Gasteiger partial charge in [0.25, 0.3) is 11.5 Å². The fourth-order valence-electron chi connectivity index (χ4n) is 3.84. The van der Waals surface area contributed by atoms with Crippen LogP contribution >= 0.6 is 0 Å². The van der Waals surface area contributed by atoms with Crippen molar-refractivity contribution in [3.8, 4) is 0 Å². The lowest BCUT2D eigenvalue weighted by Crippen LogP contribution is -2.32. The van der Waals surface area contributed by atoms with Gasteiger partial charge in [-0.05, 0) is 32.3 Å². The second-order valence-corrected chi connectivity index (χ2v) is 9.09. The molecule has 11 heteroatoms. The van der Waals surface area contributed by atoms with Gasteiger partial charge in [0.15, 0.2) is 0 Å². The number of amidine groups is 1. The smallest absolute Gasteiger partial charge is 0.264 e. The van der Waals surface area contributed by atoms with E-state index in [-0.39, 0.29) is 40.7 Å². The Kier molecular flexibility index (Phi) is 5.74. The zero-order valence-electron chi connectivity index (χ0n) is 18.3. The molecule has 32 heavy (non-hydrogen) atoms. The van der Waals surface area contributed by atoms with Gasteiger partial charge in [0, 0.05) is 16.3 Å². The van der Waals surface area contributed by atoms with Gasteiger partial charge in [0.05, 0.1) is 22.8 Å². The summed E-state index contributed by atoms with van der Waals surface area (Å²) in [7, 11) is 0.758. The van der Waals surface area contributed by atoms with Crippen molar-refractivity contribution < 1.29 is 4.79 Å². The summed E-state index contributed by atoms with van der Waals surface area (Å²) in [5.41, 5.74) is 6.68. The van der Waals surface area contributed by atoms with E-state index in [9.17, 15) is 9.59 Å². The van der Waals surface area contributed by atoms with Crippen LogP contribution in [0.5, 0.6) is 0 Å². The van der Waals surface area contributed by atoms with Crippen LogP contribution in [0.25, 0.3) is 10.9 Å². The summed E-state index contributed by atoms with van der Waals surface area (Å²) in [5, 5.41) is 15.0. The normalized spacial score (nSPS) is 14.3. The zero-order chi connectivity index (χ0) is 23.0. The van der Waals surface area contributed by atoms with Crippen LogP contribution in [0.1, 0.15) is 61.4 Å². The molecule has 0 spiro atoms. The third-order valence-corrected chi connectivity index (χ3v) is 6.35. The maximum Gasteiger partial charge on any atom is 0.264 e. The van der Waals surface area contributed by atoms with E-state index >= 15 is 0 Å². The summed E-state index contributed by atoms with van der Waals surface area (Å²) in [6.07, 6.45) is 3.74. The second-order valence-electron chi connectivity index (χ2n) is 8.01. The van der Waals surface area contributed by atoms with Crippen molar-refractivity contribution in [2.24, 2.45) is 0 Å². The number of hydrogen-bond donors (Lipinski definition) is 4. The van der Waals surface area contributed by atoms with Crippen molar-refractivity contribution in [1.29, 1.82) is 5.41 Å². The van der Waals surface area contributed by atoms with E-state index in [1.165, 1.54) is 13.3 Å². The first-order valence-electron chi connectivity index (χ1n) is 10.6. The number of rotatable bonds is 6. The minimum Gasteiger partial charge on any atom is -0.383 e. The molecule has 1 aliphatic rings. The fraction of sp³-hybridized carbons (Fsp3) is 0.333. The van der Waals surface area contributed by atoms with Gasteiger partial charge in [-0.2, -0.15) is 0 Å². The molecule has 1 amide bonds. The lowest BCUT2D eigenvalue weighted by Gasteiger charge is -2.23. The lowest BCUT2D eigenvalue weighted by molar-refractivity contribution is 0.0977. The summed E-state index contributed by atoms with van der Waals surface area (Å²) in [5.74, 6) is 0.263. The van der Waals surface area contributed by atoms with Gasteiger partial charge in [-0.1, -0.05) is 24.2 Å². The third kappa shape index (κ3) is 3.98. The van der Waals surface area contributed by atoms with E-state index < -0.39 is 5.91 Å². The molecule has 2 aromatic heterocycles. The average molecular weight is 451 g/mol. The van der Waals surface area contributed by atoms with Crippen LogP contribution in [-0.2, 0) is 0 Å². The Hall–Kier alpha value is -3.60. The van der Waals surface area contributed by atoms with E-state index in [1.54, 1.807) is 4.57 Å². The van der Waals surface area contributed by atoms with E-state index in [1.807, 2.05) is 25.1 Å². The lowest BCUT2D eigenvalue weighted by atomic mass is 10.1. The van der Waals surface area contributed by atoms with Gasteiger partial charge < -0.3 is 16.4 Å². The van der Waals surface area contributed by atoms with Gasteiger partial charge in [-0.15, -0.1) is 0 Å². The Balaban J connectivity index is 1.82. The van der Waals surface area contributed by atoms with E-state index in [0.717, 1.165) is 28.3 Å². The number of carbonyl (C=O) groups excluding carboxylic acids is 1. The Morgan fingerprint density at radius 1 is 1.38 bits per heavy atom. The van der Waals surface area contributed by atoms with Gasteiger partial charge in [-0.3, -0.25) is 19.6 Å². The molecule has 3 aromatic rings. The van der Waals surface area contributed by atoms with Gasteiger partial charge in [0.1, 0.15) is 29.4 Å². The molecule has 0 unspecified atom stereocenters. The molecule has 4 rings (SSSR count). The highest BCUT2D eigenvalue weighted by Crippen LogP contribution is 2.37. The second kappa shape index (κ2) is 8.50. The molecule has 166 valence electrons. The van der Waals surface area contributed by atoms with Crippen molar-refractivity contribution in [3.05, 3.63) is 46.3 Å². The van der Waals surface area contributed by atoms with Gasteiger partial charge in [0.2, 0.25) is 0 Å². The van der Waals surface area contributed by atoms with Crippen LogP contribution < -0.4 is 27.1 Å². The molecule has 0 bridgehead atoms. The minimum atomic E-state index is -0.570. The quantitative estimate of drug-likeness (QED) is 0.241. The first-order chi connectivity index (χ1) is 15.3. The molecule has 1 fully saturated rings. The third-order valence-electron chi connectivity index (χ3n) is 5.51. The molecule has 2 heterocycles. The topological polar surface area (TPSA) is 152 Å². The average Bonchev–Trinajstić information content (AvgIpc) is 3.56. The van der Waals surface area contributed by atoms with E-state index in [2.05, 4.69) is 20.6 Å². The highest BCUT2D eigenvalue weighted by atomic mass is 28.1. The molecule has 0 saturated heterocycles. The van der Waals surface area contributed by atoms with Crippen LogP contribution in [-0.4, -0.2) is 41.5 Å². The maximum atomic E-state index is 13.5. The molecule has 0 radical (unpaired) electrons. The number of fused-ring (bicyclic) bond motifs is 1. The number of hydrogen-bond acceptors (Lipinski definition) is 8. The molecular formula is C21H26N8O2Si. The Morgan fingerprint density at radius 2 is 2.12 bits per heavy atom. The van der Waals surface area contributed by atoms with E-state index in [4.69, 9.17) is 16.1 Å². The summed E-state index contributed by atoms with van der Waals surface area (Å²) < 4.78 is 1.80. The van der Waals surface area contributed by atoms with Crippen LogP contribution in [0.15, 0.2) is 29.3 Å². The standard InChI is InChI=1S/C21H26N8O2Si/c1-3-12(27-18-16(17(23)24-9-25-18)20(30)26-10(2)22)19-28-13-5-4-6-14(32)15(13)21(31)29(19)11-7-8-11/h4-6,9,11-12H,3,7-8H2,1-2,32H3,(H2,22,26,30)(H3,23,24,25,27)/t12-/m1/s1. The van der Waals surface area contributed by atoms with Crippen molar-refractivity contribution in [2.75, 3.05) is 11.1 Å². The molecular weight excluding hydrogens is 424 g/mol. The molecule has 1 aromatic carbocycles. The van der Waals surface area contributed by atoms with Crippen molar-refractivity contribution >= 4 is 49.7 Å². The molecule has 1 saturated carbocycles. The Morgan fingerprint density at radius 3 is 2.78 bits per heavy atom. The summed E-state index contributed by atoms with van der Waals surface area (Å²) in [6.45, 7) is 3.43. The van der Waals surface area contributed by atoms with E-state index in [0.29, 0.717) is 23.1 Å². The highest BCUT2D eigenvalue weighted by molar-refractivity contribution is 6.38. The largest absolute Gasteiger partial charge is 0.383 e. The van der Waals surface area contributed by atoms with Crippen LogP contribution in [0.3, 0.4) is 0 Å². The number of benzene rings is 1. The summed E-state index contributed by atoms with van der Waals surface area (Å²) in [4.78, 5) is 39.1. The number of nitrogen functional groups attached to an aromatic ring is 1. The molecule has 5 N–H and O–H groups in total. The van der Waals surface area contributed by atoms with Crippen molar-refractivity contribution in [1.82, 2.24) is 24.8 Å². The molecule has 10 nitrogen and oxygen atoms in total. The van der Waals surface area contributed by atoms with Gasteiger partial charge >= 0.3 is 0 Å².